The quantitative estimate of drug-likeness (QED) is 0.801. The smallest absolute Gasteiger partial charge is 0.222 e. The predicted molar refractivity (Wildman–Crippen MR) is 70.3 cm³/mol. The van der Waals surface area contributed by atoms with E-state index in [1.165, 1.54) is 0 Å². The zero-order valence-electron chi connectivity index (χ0n) is 10.5. The Balaban J connectivity index is 1.62. The van der Waals surface area contributed by atoms with E-state index >= 15 is 0 Å². The molecule has 0 bridgehead atoms. The number of carbonyl (C=O) groups excluding carboxylic acids is 1. The maximum Gasteiger partial charge on any atom is 0.222 e. The molecule has 2 N–H and O–H groups in total. The van der Waals surface area contributed by atoms with E-state index in [4.69, 9.17) is 10.5 Å². The molecule has 1 heterocycles. The van der Waals surface area contributed by atoms with Gasteiger partial charge in [0.15, 0.2) is 0 Å². The fourth-order valence-corrected chi connectivity index (χ4v) is 2.10. The first-order valence-electron chi connectivity index (χ1n) is 6.47. The van der Waals surface area contributed by atoms with E-state index in [0.29, 0.717) is 19.6 Å². The van der Waals surface area contributed by atoms with Gasteiger partial charge in [-0.25, -0.2) is 0 Å². The summed E-state index contributed by atoms with van der Waals surface area (Å²) in [5.41, 5.74) is 5.78. The molecule has 0 unspecified atom stereocenters. The van der Waals surface area contributed by atoms with E-state index in [9.17, 15) is 4.79 Å². The van der Waals surface area contributed by atoms with Crippen molar-refractivity contribution in [2.45, 2.75) is 25.3 Å². The van der Waals surface area contributed by atoms with Crippen LogP contribution in [0.3, 0.4) is 0 Å². The summed E-state index contributed by atoms with van der Waals surface area (Å²) in [4.78, 5) is 13.7. The molecule has 1 aliphatic rings. The second-order valence-corrected chi connectivity index (χ2v) is 4.65. The van der Waals surface area contributed by atoms with Gasteiger partial charge in [0.1, 0.15) is 5.75 Å². The molecule has 1 aliphatic heterocycles. The van der Waals surface area contributed by atoms with Gasteiger partial charge in [0.05, 0.1) is 6.61 Å². The van der Waals surface area contributed by atoms with E-state index in [1.54, 1.807) is 0 Å². The molecule has 98 valence electrons. The van der Waals surface area contributed by atoms with Crippen molar-refractivity contribution in [1.29, 1.82) is 0 Å². The van der Waals surface area contributed by atoms with Crippen molar-refractivity contribution in [1.82, 2.24) is 4.90 Å². The fraction of sp³-hybridized carbons (Fsp3) is 0.500. The van der Waals surface area contributed by atoms with Gasteiger partial charge in [0.2, 0.25) is 5.91 Å². The van der Waals surface area contributed by atoms with Crippen molar-refractivity contribution >= 4 is 5.91 Å². The van der Waals surface area contributed by atoms with Gasteiger partial charge >= 0.3 is 0 Å². The summed E-state index contributed by atoms with van der Waals surface area (Å²) in [6, 6.07) is 9.82. The molecule has 0 radical (unpaired) electrons. The van der Waals surface area contributed by atoms with Crippen molar-refractivity contribution in [2.24, 2.45) is 5.73 Å². The fourth-order valence-electron chi connectivity index (χ4n) is 2.10. The molecule has 4 heteroatoms. The molecular weight excluding hydrogens is 228 g/mol. The average molecular weight is 248 g/mol. The number of hydrogen-bond donors (Lipinski definition) is 1. The number of benzene rings is 1. The van der Waals surface area contributed by atoms with Gasteiger partial charge < -0.3 is 15.4 Å². The first kappa shape index (κ1) is 12.9. The number of amides is 1. The number of likely N-dealkylation sites (tertiary alicyclic amines) is 1. The zero-order valence-corrected chi connectivity index (χ0v) is 10.5. The molecule has 1 aromatic carbocycles. The summed E-state index contributed by atoms with van der Waals surface area (Å²) in [6.07, 6.45) is 2.21. The number of carbonyl (C=O) groups is 1. The number of para-hydroxylation sites is 1. The van der Waals surface area contributed by atoms with Crippen LogP contribution in [0.4, 0.5) is 0 Å². The SMILES string of the molecule is N[C@@H]1CCN(C(=O)CCCOc2ccccc2)C1. The van der Waals surface area contributed by atoms with Crippen LogP contribution in [0.15, 0.2) is 30.3 Å². The Labute approximate surface area is 108 Å². The Hall–Kier alpha value is -1.55. The Bertz CT molecular complexity index is 381. The van der Waals surface area contributed by atoms with Gasteiger partial charge in [-0.3, -0.25) is 4.79 Å². The highest BCUT2D eigenvalue weighted by Gasteiger charge is 2.22. The minimum absolute atomic E-state index is 0.162. The van der Waals surface area contributed by atoms with Crippen LogP contribution in [0.5, 0.6) is 5.75 Å². The van der Waals surface area contributed by atoms with Gasteiger partial charge in [-0.2, -0.15) is 0 Å². The lowest BCUT2D eigenvalue weighted by atomic mass is 10.3. The molecular formula is C14H20N2O2. The van der Waals surface area contributed by atoms with Gasteiger partial charge in [-0.05, 0) is 25.0 Å². The van der Waals surface area contributed by atoms with Crippen LogP contribution in [-0.2, 0) is 4.79 Å². The van der Waals surface area contributed by atoms with Crippen LogP contribution >= 0.6 is 0 Å². The van der Waals surface area contributed by atoms with Crippen LogP contribution in [0.2, 0.25) is 0 Å². The summed E-state index contributed by atoms with van der Waals surface area (Å²) in [7, 11) is 0. The maximum atomic E-state index is 11.8. The molecule has 1 saturated heterocycles. The van der Waals surface area contributed by atoms with Gasteiger partial charge in [0.25, 0.3) is 0 Å². The second-order valence-electron chi connectivity index (χ2n) is 4.65. The van der Waals surface area contributed by atoms with Crippen LogP contribution < -0.4 is 10.5 Å². The van der Waals surface area contributed by atoms with Crippen molar-refractivity contribution in [3.63, 3.8) is 0 Å². The Morgan fingerprint density at radius 2 is 2.17 bits per heavy atom. The normalized spacial score (nSPS) is 18.9. The summed E-state index contributed by atoms with van der Waals surface area (Å²) in [5, 5.41) is 0. The Morgan fingerprint density at radius 3 is 2.83 bits per heavy atom. The third-order valence-electron chi connectivity index (χ3n) is 3.12. The van der Waals surface area contributed by atoms with Crippen LogP contribution in [0.25, 0.3) is 0 Å². The minimum Gasteiger partial charge on any atom is -0.494 e. The van der Waals surface area contributed by atoms with Crippen LogP contribution in [0.1, 0.15) is 19.3 Å². The summed E-state index contributed by atoms with van der Waals surface area (Å²) in [5.74, 6) is 1.05. The monoisotopic (exact) mass is 248 g/mol. The van der Waals surface area contributed by atoms with Gasteiger partial charge in [-0.1, -0.05) is 18.2 Å². The van der Waals surface area contributed by atoms with Gasteiger partial charge in [0, 0.05) is 25.6 Å². The molecule has 0 spiro atoms. The van der Waals surface area contributed by atoms with Crippen molar-refractivity contribution in [2.75, 3.05) is 19.7 Å². The van der Waals surface area contributed by atoms with Crippen molar-refractivity contribution in [3.05, 3.63) is 30.3 Å². The number of rotatable bonds is 5. The number of ether oxygens (including phenoxy) is 1. The maximum absolute atomic E-state index is 11.8. The van der Waals surface area contributed by atoms with E-state index in [1.807, 2.05) is 35.2 Å². The molecule has 1 aromatic rings. The summed E-state index contributed by atoms with van der Waals surface area (Å²) >= 11 is 0. The first-order chi connectivity index (χ1) is 8.75. The largest absolute Gasteiger partial charge is 0.494 e. The molecule has 1 amide bonds. The lowest BCUT2D eigenvalue weighted by Crippen LogP contribution is -2.31. The third-order valence-corrected chi connectivity index (χ3v) is 3.12. The molecule has 2 rings (SSSR count). The molecule has 4 nitrogen and oxygen atoms in total. The highest BCUT2D eigenvalue weighted by atomic mass is 16.5. The first-order valence-corrected chi connectivity index (χ1v) is 6.47. The molecule has 1 atom stereocenters. The second kappa shape index (κ2) is 6.40. The Kier molecular flexibility index (Phi) is 4.59. The van der Waals surface area contributed by atoms with Crippen LogP contribution in [-0.4, -0.2) is 36.5 Å². The minimum atomic E-state index is 0.162. The van der Waals surface area contributed by atoms with Crippen molar-refractivity contribution in [3.8, 4) is 5.75 Å². The zero-order chi connectivity index (χ0) is 12.8. The van der Waals surface area contributed by atoms with Crippen molar-refractivity contribution < 1.29 is 9.53 Å². The lowest BCUT2D eigenvalue weighted by molar-refractivity contribution is -0.130. The molecule has 18 heavy (non-hydrogen) atoms. The van der Waals surface area contributed by atoms with E-state index < -0.39 is 0 Å². The molecule has 0 aromatic heterocycles. The third kappa shape index (κ3) is 3.74. The molecule has 0 saturated carbocycles. The summed E-state index contributed by atoms with van der Waals surface area (Å²) in [6.45, 7) is 2.09. The van der Waals surface area contributed by atoms with Gasteiger partial charge in [-0.15, -0.1) is 0 Å². The van der Waals surface area contributed by atoms with E-state index in [-0.39, 0.29) is 11.9 Å². The average Bonchev–Trinajstić information content (AvgIpc) is 2.82. The number of nitrogens with zero attached hydrogens (tertiary/aromatic N) is 1. The Morgan fingerprint density at radius 1 is 1.39 bits per heavy atom. The number of hydrogen-bond acceptors (Lipinski definition) is 3. The lowest BCUT2D eigenvalue weighted by Gasteiger charge is -2.15. The van der Waals surface area contributed by atoms with E-state index in [0.717, 1.165) is 25.1 Å². The van der Waals surface area contributed by atoms with Crippen LogP contribution in [0, 0.1) is 0 Å². The topological polar surface area (TPSA) is 55.6 Å². The predicted octanol–water partition coefficient (Wildman–Crippen LogP) is 1.41. The standard InChI is InChI=1S/C14H20N2O2/c15-12-8-9-16(11-12)14(17)7-4-10-18-13-5-2-1-3-6-13/h1-3,5-6,12H,4,7-11,15H2/t12-/m1/s1. The highest BCUT2D eigenvalue weighted by Crippen LogP contribution is 2.11. The molecule has 0 aliphatic carbocycles. The molecule has 1 fully saturated rings. The van der Waals surface area contributed by atoms with E-state index in [2.05, 4.69) is 0 Å². The summed E-state index contributed by atoms with van der Waals surface area (Å²) < 4.78 is 5.54. The number of nitrogens with two attached hydrogens (primary N) is 1. The highest BCUT2D eigenvalue weighted by molar-refractivity contribution is 5.76.